The van der Waals surface area contributed by atoms with E-state index in [0.717, 1.165) is 11.3 Å². The lowest BCUT2D eigenvalue weighted by Crippen LogP contribution is -1.96. The van der Waals surface area contributed by atoms with Crippen molar-refractivity contribution in [3.8, 4) is 39.1 Å². The monoisotopic (exact) mass is 494 g/mol. The van der Waals surface area contributed by atoms with Crippen LogP contribution in [0.5, 0.6) is 0 Å². The van der Waals surface area contributed by atoms with E-state index >= 15 is 0 Å². The second-order valence-electron chi connectivity index (χ2n) is 10.4. The molecule has 1 aliphatic rings. The molecule has 6 aromatic carbocycles. The molecule has 2 heterocycles. The molecule has 9 rings (SSSR count). The van der Waals surface area contributed by atoms with Gasteiger partial charge >= 0.3 is 0 Å². The van der Waals surface area contributed by atoms with Crippen molar-refractivity contribution < 1.29 is 0 Å². The molecule has 0 N–H and O–H groups in total. The second kappa shape index (κ2) is 7.66. The SMILES string of the molecule is c1cc(-c2ccc3c4c(cccc24)-c2ccccc2-3)cc(-n2c3ncccc3c3ccc4ccccc4c32)c1. The summed E-state index contributed by atoms with van der Waals surface area (Å²) in [7, 11) is 0. The van der Waals surface area contributed by atoms with E-state index in [9.17, 15) is 0 Å². The minimum atomic E-state index is 0.983. The molecule has 0 atom stereocenters. The van der Waals surface area contributed by atoms with Crippen molar-refractivity contribution in [3.05, 3.63) is 134 Å². The predicted molar refractivity (Wildman–Crippen MR) is 163 cm³/mol. The Morgan fingerprint density at radius 1 is 0.462 bits per heavy atom. The molecule has 0 unspecified atom stereocenters. The number of rotatable bonds is 2. The zero-order chi connectivity index (χ0) is 25.5. The maximum Gasteiger partial charge on any atom is 0.145 e. The molecular formula is C37H22N2. The topological polar surface area (TPSA) is 17.8 Å². The van der Waals surface area contributed by atoms with Crippen LogP contribution >= 0.6 is 0 Å². The molecule has 1 aliphatic carbocycles. The van der Waals surface area contributed by atoms with Crippen LogP contribution in [0.2, 0.25) is 0 Å². The molecule has 0 bridgehead atoms. The maximum absolute atomic E-state index is 4.87. The maximum atomic E-state index is 4.87. The molecule has 0 spiro atoms. The normalized spacial score (nSPS) is 12.1. The van der Waals surface area contributed by atoms with Gasteiger partial charge in [-0.25, -0.2) is 4.98 Å². The number of benzene rings is 6. The Hall–Kier alpha value is -5.21. The summed E-state index contributed by atoms with van der Waals surface area (Å²) in [6.45, 7) is 0. The third kappa shape index (κ3) is 2.78. The first-order valence-corrected chi connectivity index (χ1v) is 13.4. The summed E-state index contributed by atoms with van der Waals surface area (Å²) in [5.41, 5.74) is 11.1. The highest BCUT2D eigenvalue weighted by atomic mass is 15.0. The molecule has 0 saturated carbocycles. The average molecular weight is 495 g/mol. The van der Waals surface area contributed by atoms with Gasteiger partial charge in [0.05, 0.1) is 5.52 Å². The van der Waals surface area contributed by atoms with E-state index in [1.165, 1.54) is 71.2 Å². The lowest BCUT2D eigenvalue weighted by atomic mass is 9.94. The fraction of sp³-hybridized carbons (Fsp3) is 0. The summed E-state index contributed by atoms with van der Waals surface area (Å²) in [4.78, 5) is 4.87. The van der Waals surface area contributed by atoms with Gasteiger partial charge in [0.1, 0.15) is 5.65 Å². The highest BCUT2D eigenvalue weighted by Gasteiger charge is 2.22. The number of fused-ring (bicyclic) bond motifs is 8. The number of pyridine rings is 1. The molecule has 2 nitrogen and oxygen atoms in total. The fourth-order valence-electron chi connectivity index (χ4n) is 6.73. The largest absolute Gasteiger partial charge is 0.293 e. The van der Waals surface area contributed by atoms with Crippen LogP contribution in [-0.4, -0.2) is 9.55 Å². The summed E-state index contributed by atoms with van der Waals surface area (Å²) < 4.78 is 2.34. The van der Waals surface area contributed by atoms with Crippen molar-refractivity contribution in [3.63, 3.8) is 0 Å². The minimum Gasteiger partial charge on any atom is -0.293 e. The van der Waals surface area contributed by atoms with Crippen LogP contribution < -0.4 is 0 Å². The Balaban J connectivity index is 1.33. The molecule has 2 heteroatoms. The van der Waals surface area contributed by atoms with Crippen molar-refractivity contribution in [2.45, 2.75) is 0 Å². The Morgan fingerprint density at radius 2 is 1.18 bits per heavy atom. The molecule has 0 aliphatic heterocycles. The lowest BCUT2D eigenvalue weighted by Gasteiger charge is -2.13. The van der Waals surface area contributed by atoms with Crippen LogP contribution in [0.15, 0.2) is 134 Å². The molecule has 180 valence electrons. The molecule has 0 saturated heterocycles. The highest BCUT2D eigenvalue weighted by molar-refractivity contribution is 6.19. The first kappa shape index (κ1) is 20.8. The van der Waals surface area contributed by atoms with Crippen LogP contribution in [0.25, 0.3) is 82.5 Å². The van der Waals surface area contributed by atoms with Gasteiger partial charge in [0.2, 0.25) is 0 Å². The van der Waals surface area contributed by atoms with Gasteiger partial charge in [-0.2, -0.15) is 0 Å². The van der Waals surface area contributed by atoms with Gasteiger partial charge in [-0.3, -0.25) is 4.57 Å². The number of hydrogen-bond acceptors (Lipinski definition) is 1. The van der Waals surface area contributed by atoms with E-state index in [2.05, 4.69) is 126 Å². The number of hydrogen-bond donors (Lipinski definition) is 0. The molecule has 0 radical (unpaired) electrons. The Kier molecular flexibility index (Phi) is 4.08. The molecule has 8 aromatic rings. The number of aromatic nitrogens is 2. The number of nitrogens with zero attached hydrogens (tertiary/aromatic N) is 2. The smallest absolute Gasteiger partial charge is 0.145 e. The average Bonchev–Trinajstić information content (AvgIpc) is 3.52. The van der Waals surface area contributed by atoms with Gasteiger partial charge in [-0.05, 0) is 73.8 Å². The molecule has 0 fully saturated rings. The summed E-state index contributed by atoms with van der Waals surface area (Å²) in [5.74, 6) is 0. The molecular weight excluding hydrogens is 472 g/mol. The third-order valence-electron chi connectivity index (χ3n) is 8.38. The molecule has 39 heavy (non-hydrogen) atoms. The van der Waals surface area contributed by atoms with Crippen LogP contribution in [-0.2, 0) is 0 Å². The minimum absolute atomic E-state index is 0.983. The van der Waals surface area contributed by atoms with E-state index < -0.39 is 0 Å². The third-order valence-corrected chi connectivity index (χ3v) is 8.38. The van der Waals surface area contributed by atoms with Crippen LogP contribution in [0, 0.1) is 0 Å². The van der Waals surface area contributed by atoms with Gasteiger partial charge in [0.15, 0.2) is 0 Å². The zero-order valence-corrected chi connectivity index (χ0v) is 21.1. The predicted octanol–water partition coefficient (Wildman–Crippen LogP) is 9.80. The van der Waals surface area contributed by atoms with E-state index in [0.29, 0.717) is 0 Å². The van der Waals surface area contributed by atoms with Crippen molar-refractivity contribution in [2.75, 3.05) is 0 Å². The quantitative estimate of drug-likeness (QED) is 0.234. The van der Waals surface area contributed by atoms with Gasteiger partial charge < -0.3 is 0 Å². The van der Waals surface area contributed by atoms with E-state index in [1.807, 2.05) is 12.3 Å². The van der Waals surface area contributed by atoms with Crippen molar-refractivity contribution >= 4 is 43.5 Å². The molecule has 2 aromatic heterocycles. The Morgan fingerprint density at radius 3 is 2.10 bits per heavy atom. The van der Waals surface area contributed by atoms with E-state index in [-0.39, 0.29) is 0 Å². The molecule has 0 amide bonds. The van der Waals surface area contributed by atoms with Crippen LogP contribution in [0.1, 0.15) is 0 Å². The summed E-state index contributed by atoms with van der Waals surface area (Å²) in [6.07, 6.45) is 1.89. The van der Waals surface area contributed by atoms with Gasteiger partial charge in [0, 0.05) is 28.0 Å². The van der Waals surface area contributed by atoms with E-state index in [1.54, 1.807) is 0 Å². The van der Waals surface area contributed by atoms with Crippen LogP contribution in [0.3, 0.4) is 0 Å². The van der Waals surface area contributed by atoms with Crippen molar-refractivity contribution in [1.82, 2.24) is 9.55 Å². The standard InChI is InChI=1S/C37H22N2/c1-2-11-27-23(8-1)17-18-33-34-16-7-21-38-37(34)39(36(27)33)25-10-5-9-24(22-25)26-19-20-32-29-13-4-3-12-28(29)31-15-6-14-30(26)35(31)32/h1-22H. The first-order valence-electron chi connectivity index (χ1n) is 13.4. The second-order valence-corrected chi connectivity index (χ2v) is 10.4. The van der Waals surface area contributed by atoms with Crippen molar-refractivity contribution in [2.24, 2.45) is 0 Å². The Bertz CT molecular complexity index is 2260. The van der Waals surface area contributed by atoms with Crippen molar-refractivity contribution in [1.29, 1.82) is 0 Å². The zero-order valence-electron chi connectivity index (χ0n) is 21.1. The van der Waals surface area contributed by atoms with Gasteiger partial charge in [-0.1, -0.05) is 103 Å². The first-order chi connectivity index (χ1) is 19.4. The lowest BCUT2D eigenvalue weighted by molar-refractivity contribution is 1.14. The summed E-state index contributed by atoms with van der Waals surface area (Å²) >= 11 is 0. The summed E-state index contributed by atoms with van der Waals surface area (Å²) in [6, 6.07) is 46.3. The van der Waals surface area contributed by atoms with Gasteiger partial charge in [0.25, 0.3) is 0 Å². The van der Waals surface area contributed by atoms with Crippen LogP contribution in [0.4, 0.5) is 0 Å². The van der Waals surface area contributed by atoms with Gasteiger partial charge in [-0.15, -0.1) is 0 Å². The van der Waals surface area contributed by atoms with E-state index in [4.69, 9.17) is 4.98 Å². The Labute approximate surface area is 225 Å². The summed E-state index contributed by atoms with van der Waals surface area (Å²) in [5, 5.41) is 7.52. The fourth-order valence-corrected chi connectivity index (χ4v) is 6.73. The highest BCUT2D eigenvalue weighted by Crippen LogP contribution is 2.49.